The van der Waals surface area contributed by atoms with Gasteiger partial charge in [0, 0.05) is 12.6 Å². The number of aliphatic carboxylic acids is 1. The van der Waals surface area contributed by atoms with E-state index in [0.29, 0.717) is 12.6 Å². The summed E-state index contributed by atoms with van der Waals surface area (Å²) in [5, 5.41) is 12.7. The second-order valence-electron chi connectivity index (χ2n) is 5.46. The predicted octanol–water partition coefficient (Wildman–Crippen LogP) is 3.80. The summed E-state index contributed by atoms with van der Waals surface area (Å²) in [6, 6.07) is 9.82. The van der Waals surface area contributed by atoms with Gasteiger partial charge in [0.05, 0.1) is 5.92 Å². The molecule has 2 unspecified atom stereocenters. The molecule has 20 heavy (non-hydrogen) atoms. The molecule has 2 N–H and O–H groups in total. The van der Waals surface area contributed by atoms with Gasteiger partial charge in [0.2, 0.25) is 0 Å². The Morgan fingerprint density at radius 1 is 1.20 bits per heavy atom. The maximum Gasteiger partial charge on any atom is 0.312 e. The van der Waals surface area contributed by atoms with Gasteiger partial charge in [-0.25, -0.2) is 0 Å². The lowest BCUT2D eigenvalue weighted by molar-refractivity contribution is -0.138. The molecule has 0 bridgehead atoms. The van der Waals surface area contributed by atoms with Gasteiger partial charge in [0.1, 0.15) is 0 Å². The maximum absolute atomic E-state index is 11.4. The van der Waals surface area contributed by atoms with Crippen molar-refractivity contribution < 1.29 is 9.90 Å². The molecule has 0 spiro atoms. The smallest absolute Gasteiger partial charge is 0.312 e. The number of unbranched alkanes of at least 4 members (excludes halogenated alkanes) is 3. The van der Waals surface area contributed by atoms with Crippen molar-refractivity contribution in [2.24, 2.45) is 0 Å². The molecule has 0 saturated carbocycles. The first-order valence-electron chi connectivity index (χ1n) is 7.66. The molecule has 3 nitrogen and oxygen atoms in total. The van der Waals surface area contributed by atoms with Crippen LogP contribution in [0, 0.1) is 0 Å². The minimum atomic E-state index is -0.762. The van der Waals surface area contributed by atoms with E-state index in [0.717, 1.165) is 12.0 Å². The molecular formula is C17H27NO2. The average molecular weight is 277 g/mol. The van der Waals surface area contributed by atoms with E-state index in [-0.39, 0.29) is 0 Å². The van der Waals surface area contributed by atoms with Crippen LogP contribution in [0.5, 0.6) is 0 Å². The molecule has 1 rings (SSSR count). The molecule has 1 aromatic rings. The van der Waals surface area contributed by atoms with Crippen LogP contribution in [-0.2, 0) is 4.79 Å². The Morgan fingerprint density at radius 2 is 1.90 bits per heavy atom. The molecule has 1 aromatic carbocycles. The number of carboxylic acids is 1. The Morgan fingerprint density at radius 3 is 2.50 bits per heavy atom. The van der Waals surface area contributed by atoms with Crippen molar-refractivity contribution in [1.82, 2.24) is 5.32 Å². The highest BCUT2D eigenvalue weighted by molar-refractivity contribution is 5.76. The second kappa shape index (κ2) is 9.54. The highest BCUT2D eigenvalue weighted by Crippen LogP contribution is 2.15. The van der Waals surface area contributed by atoms with E-state index in [2.05, 4.69) is 19.2 Å². The molecule has 0 saturated heterocycles. The van der Waals surface area contributed by atoms with Gasteiger partial charge < -0.3 is 10.4 Å². The zero-order valence-electron chi connectivity index (χ0n) is 12.6. The number of rotatable bonds is 10. The Bertz CT molecular complexity index is 378. The van der Waals surface area contributed by atoms with Crippen LogP contribution in [0.3, 0.4) is 0 Å². The molecule has 112 valence electrons. The van der Waals surface area contributed by atoms with Gasteiger partial charge in [-0.3, -0.25) is 4.79 Å². The zero-order chi connectivity index (χ0) is 14.8. The van der Waals surface area contributed by atoms with Crippen molar-refractivity contribution in [3.63, 3.8) is 0 Å². The molecule has 3 heteroatoms. The molecule has 0 fully saturated rings. The van der Waals surface area contributed by atoms with Crippen LogP contribution < -0.4 is 5.32 Å². The van der Waals surface area contributed by atoms with Crippen molar-refractivity contribution in [3.05, 3.63) is 35.9 Å². The second-order valence-corrected chi connectivity index (χ2v) is 5.46. The Kier molecular flexibility index (Phi) is 7.97. The van der Waals surface area contributed by atoms with E-state index in [1.807, 2.05) is 30.3 Å². The maximum atomic E-state index is 11.4. The van der Waals surface area contributed by atoms with E-state index < -0.39 is 11.9 Å². The molecule has 0 heterocycles. The molecule has 0 amide bonds. The highest BCUT2D eigenvalue weighted by Gasteiger charge is 2.19. The van der Waals surface area contributed by atoms with Crippen LogP contribution in [-0.4, -0.2) is 23.7 Å². The summed E-state index contributed by atoms with van der Waals surface area (Å²) in [5.74, 6) is -1.23. The molecule has 2 atom stereocenters. The van der Waals surface area contributed by atoms with Crippen LogP contribution in [0.15, 0.2) is 30.3 Å². The summed E-state index contributed by atoms with van der Waals surface area (Å²) in [6.07, 6.45) is 6.13. The number of carbonyl (C=O) groups is 1. The van der Waals surface area contributed by atoms with Crippen LogP contribution in [0.1, 0.15) is 57.4 Å². The third-order valence-corrected chi connectivity index (χ3v) is 3.66. The standard InChI is InChI=1S/C17H27NO2/c1-3-4-5-7-10-14(2)18-13-16(17(19)20)15-11-8-6-9-12-15/h6,8-9,11-12,14,16,18H,3-5,7,10,13H2,1-2H3,(H,19,20). The fourth-order valence-electron chi connectivity index (χ4n) is 2.33. The van der Waals surface area contributed by atoms with E-state index >= 15 is 0 Å². The van der Waals surface area contributed by atoms with Gasteiger partial charge in [-0.15, -0.1) is 0 Å². The lowest BCUT2D eigenvalue weighted by atomic mass is 9.98. The van der Waals surface area contributed by atoms with E-state index in [4.69, 9.17) is 0 Å². The van der Waals surface area contributed by atoms with Crippen molar-refractivity contribution in [1.29, 1.82) is 0 Å². The monoisotopic (exact) mass is 277 g/mol. The minimum Gasteiger partial charge on any atom is -0.481 e. The number of hydrogen-bond acceptors (Lipinski definition) is 2. The fourth-order valence-corrected chi connectivity index (χ4v) is 2.33. The highest BCUT2D eigenvalue weighted by atomic mass is 16.4. The van der Waals surface area contributed by atoms with Gasteiger partial charge in [-0.05, 0) is 18.9 Å². The molecule has 0 radical (unpaired) electrons. The first-order chi connectivity index (χ1) is 9.65. The summed E-state index contributed by atoms with van der Waals surface area (Å²) in [5.41, 5.74) is 0.866. The molecule has 0 aliphatic carbocycles. The Balaban J connectivity index is 2.38. The van der Waals surface area contributed by atoms with E-state index in [9.17, 15) is 9.90 Å². The molecule has 0 aromatic heterocycles. The molecule has 0 aliphatic rings. The number of carboxylic acid groups (broad SMARTS) is 1. The SMILES string of the molecule is CCCCCCC(C)NCC(C(=O)O)c1ccccc1. The van der Waals surface area contributed by atoms with Crippen LogP contribution in [0.25, 0.3) is 0 Å². The van der Waals surface area contributed by atoms with E-state index in [1.54, 1.807) is 0 Å². The lowest BCUT2D eigenvalue weighted by Gasteiger charge is -2.18. The first kappa shape index (κ1) is 16.7. The number of benzene rings is 1. The van der Waals surface area contributed by atoms with Crippen molar-refractivity contribution in [2.45, 2.75) is 57.9 Å². The summed E-state index contributed by atoms with van der Waals surface area (Å²) in [4.78, 5) is 11.4. The Labute approximate surface area is 122 Å². The van der Waals surface area contributed by atoms with Gasteiger partial charge in [-0.2, -0.15) is 0 Å². The quantitative estimate of drug-likeness (QED) is 0.639. The van der Waals surface area contributed by atoms with E-state index in [1.165, 1.54) is 25.7 Å². The lowest BCUT2D eigenvalue weighted by Crippen LogP contribution is -2.33. The fraction of sp³-hybridized carbons (Fsp3) is 0.588. The predicted molar refractivity (Wildman–Crippen MR) is 83.0 cm³/mol. The normalized spacial score (nSPS) is 13.9. The molecule has 0 aliphatic heterocycles. The van der Waals surface area contributed by atoms with Gasteiger partial charge in [-0.1, -0.05) is 62.9 Å². The van der Waals surface area contributed by atoms with Crippen molar-refractivity contribution in [2.75, 3.05) is 6.54 Å². The minimum absolute atomic E-state index is 0.373. The summed E-state index contributed by atoms with van der Waals surface area (Å²) < 4.78 is 0. The van der Waals surface area contributed by atoms with Crippen LogP contribution in [0.2, 0.25) is 0 Å². The summed E-state index contributed by atoms with van der Waals surface area (Å²) >= 11 is 0. The summed E-state index contributed by atoms with van der Waals surface area (Å²) in [7, 11) is 0. The van der Waals surface area contributed by atoms with Gasteiger partial charge in [0.25, 0.3) is 0 Å². The van der Waals surface area contributed by atoms with Crippen LogP contribution >= 0.6 is 0 Å². The van der Waals surface area contributed by atoms with Crippen LogP contribution in [0.4, 0.5) is 0 Å². The number of hydrogen-bond donors (Lipinski definition) is 2. The third kappa shape index (κ3) is 6.20. The summed E-state index contributed by atoms with van der Waals surface area (Å²) in [6.45, 7) is 4.84. The van der Waals surface area contributed by atoms with Gasteiger partial charge in [0.15, 0.2) is 0 Å². The topological polar surface area (TPSA) is 49.3 Å². The van der Waals surface area contributed by atoms with Crippen molar-refractivity contribution in [3.8, 4) is 0 Å². The zero-order valence-corrected chi connectivity index (χ0v) is 12.6. The Hall–Kier alpha value is -1.35. The van der Waals surface area contributed by atoms with Gasteiger partial charge >= 0.3 is 5.97 Å². The van der Waals surface area contributed by atoms with Crippen molar-refractivity contribution >= 4 is 5.97 Å². The average Bonchev–Trinajstić information content (AvgIpc) is 2.44. The number of nitrogens with one attached hydrogen (secondary N) is 1. The first-order valence-corrected chi connectivity index (χ1v) is 7.66. The third-order valence-electron chi connectivity index (χ3n) is 3.66. The largest absolute Gasteiger partial charge is 0.481 e. The molecular weight excluding hydrogens is 250 g/mol.